The van der Waals surface area contributed by atoms with Gasteiger partial charge in [-0.3, -0.25) is 0 Å². The van der Waals surface area contributed by atoms with Gasteiger partial charge < -0.3 is 15.4 Å². The average Bonchev–Trinajstić information content (AvgIpc) is 2.39. The molecule has 0 bridgehead atoms. The number of ether oxygens (including phenoxy) is 1. The molecule has 0 aliphatic heterocycles. The van der Waals surface area contributed by atoms with Gasteiger partial charge in [0, 0.05) is 18.1 Å². The van der Waals surface area contributed by atoms with E-state index in [2.05, 4.69) is 24.5 Å². The van der Waals surface area contributed by atoms with Gasteiger partial charge in [-0.1, -0.05) is 6.92 Å². The van der Waals surface area contributed by atoms with Crippen molar-refractivity contribution >= 4 is 17.9 Å². The summed E-state index contributed by atoms with van der Waals surface area (Å²) in [5, 5.41) is 6.73. The molecule has 130 valence electrons. The number of hydrogen-bond acceptors (Lipinski definition) is 4. The largest absolute Gasteiger partial charge is 0.444 e. The van der Waals surface area contributed by atoms with Crippen LogP contribution in [0.2, 0.25) is 0 Å². The maximum absolute atomic E-state index is 11.8. The zero-order chi connectivity index (χ0) is 16.6. The third-order valence-electron chi connectivity index (χ3n) is 3.87. The van der Waals surface area contributed by atoms with Crippen LogP contribution in [0.25, 0.3) is 0 Å². The highest BCUT2D eigenvalue weighted by Gasteiger charge is 2.25. The molecule has 0 aromatic carbocycles. The maximum Gasteiger partial charge on any atom is 0.407 e. The second-order valence-electron chi connectivity index (χ2n) is 7.25. The molecular formula is C17H34N2O2S. The summed E-state index contributed by atoms with van der Waals surface area (Å²) >= 11 is 2.01. The van der Waals surface area contributed by atoms with Crippen molar-refractivity contribution in [3.8, 4) is 0 Å². The second kappa shape index (κ2) is 9.66. The third-order valence-corrected chi connectivity index (χ3v) is 4.80. The summed E-state index contributed by atoms with van der Waals surface area (Å²) in [7, 11) is 0. The van der Waals surface area contributed by atoms with E-state index in [4.69, 9.17) is 4.74 Å². The Kier molecular flexibility index (Phi) is 8.62. The molecule has 1 aliphatic rings. The molecule has 2 N–H and O–H groups in total. The molecule has 1 unspecified atom stereocenters. The number of hydrogen-bond donors (Lipinski definition) is 2. The monoisotopic (exact) mass is 330 g/mol. The van der Waals surface area contributed by atoms with Gasteiger partial charge in [0.1, 0.15) is 5.60 Å². The second-order valence-corrected chi connectivity index (χ2v) is 8.64. The summed E-state index contributed by atoms with van der Waals surface area (Å²) in [5.41, 5.74) is -0.422. The first-order valence-electron chi connectivity index (χ1n) is 8.63. The van der Waals surface area contributed by atoms with Gasteiger partial charge in [0.25, 0.3) is 0 Å². The molecule has 0 radical (unpaired) electrons. The molecule has 0 spiro atoms. The molecule has 22 heavy (non-hydrogen) atoms. The van der Waals surface area contributed by atoms with Crippen molar-refractivity contribution in [1.29, 1.82) is 0 Å². The number of amides is 1. The van der Waals surface area contributed by atoms with E-state index in [0.29, 0.717) is 12.1 Å². The molecule has 0 heterocycles. The van der Waals surface area contributed by atoms with Gasteiger partial charge in [-0.25, -0.2) is 4.79 Å². The Balaban J connectivity index is 2.19. The van der Waals surface area contributed by atoms with Crippen LogP contribution in [0.3, 0.4) is 0 Å². The predicted octanol–water partition coefficient (Wildman–Crippen LogP) is 3.94. The third kappa shape index (κ3) is 8.89. The van der Waals surface area contributed by atoms with Crippen LogP contribution in [0.1, 0.15) is 66.7 Å². The number of rotatable bonds is 7. The summed E-state index contributed by atoms with van der Waals surface area (Å²) in [5.74, 6) is 2.44. The number of nitrogens with one attached hydrogen (secondary N) is 2. The molecule has 0 aromatic rings. The SMILES string of the molecule is CCSCCC(C)NC1CCC(NC(=O)OC(C)(C)C)CC1. The van der Waals surface area contributed by atoms with Gasteiger partial charge in [-0.2, -0.15) is 11.8 Å². The van der Waals surface area contributed by atoms with Gasteiger partial charge in [0.15, 0.2) is 0 Å². The van der Waals surface area contributed by atoms with Crippen molar-refractivity contribution in [1.82, 2.24) is 10.6 Å². The van der Waals surface area contributed by atoms with Crippen LogP contribution in [-0.2, 0) is 4.74 Å². The highest BCUT2D eigenvalue weighted by Crippen LogP contribution is 2.20. The summed E-state index contributed by atoms with van der Waals surface area (Å²) in [6.45, 7) is 10.2. The topological polar surface area (TPSA) is 50.4 Å². The van der Waals surface area contributed by atoms with Crippen LogP contribution in [0.4, 0.5) is 4.79 Å². The predicted molar refractivity (Wildman–Crippen MR) is 95.6 cm³/mol. The van der Waals surface area contributed by atoms with E-state index in [1.807, 2.05) is 32.5 Å². The summed E-state index contributed by atoms with van der Waals surface area (Å²) in [4.78, 5) is 11.8. The molecule has 5 heteroatoms. The number of thioether (sulfide) groups is 1. The zero-order valence-electron chi connectivity index (χ0n) is 14.9. The Morgan fingerprint density at radius 1 is 1.23 bits per heavy atom. The smallest absolute Gasteiger partial charge is 0.407 e. The van der Waals surface area contributed by atoms with E-state index >= 15 is 0 Å². The van der Waals surface area contributed by atoms with Gasteiger partial charge in [-0.05, 0) is 71.3 Å². The molecule has 1 amide bonds. The summed E-state index contributed by atoms with van der Waals surface area (Å²) < 4.78 is 5.32. The Morgan fingerprint density at radius 3 is 2.36 bits per heavy atom. The molecular weight excluding hydrogens is 296 g/mol. The molecule has 1 aliphatic carbocycles. The molecule has 1 rings (SSSR count). The normalized spacial score (nSPS) is 23.9. The van der Waals surface area contributed by atoms with E-state index in [-0.39, 0.29) is 12.1 Å². The summed E-state index contributed by atoms with van der Waals surface area (Å²) in [6.07, 6.45) is 5.28. The minimum Gasteiger partial charge on any atom is -0.444 e. The number of carbonyl (C=O) groups is 1. The van der Waals surface area contributed by atoms with Crippen LogP contribution in [0.5, 0.6) is 0 Å². The fraction of sp³-hybridized carbons (Fsp3) is 0.941. The molecule has 1 atom stereocenters. The Hall–Kier alpha value is -0.420. The number of alkyl carbamates (subject to hydrolysis) is 1. The lowest BCUT2D eigenvalue weighted by atomic mass is 9.90. The van der Waals surface area contributed by atoms with Gasteiger partial charge in [0.2, 0.25) is 0 Å². The highest BCUT2D eigenvalue weighted by molar-refractivity contribution is 7.99. The average molecular weight is 331 g/mol. The van der Waals surface area contributed by atoms with Crippen molar-refractivity contribution < 1.29 is 9.53 Å². The van der Waals surface area contributed by atoms with Crippen LogP contribution in [-0.4, -0.2) is 41.3 Å². The first-order valence-corrected chi connectivity index (χ1v) is 9.79. The van der Waals surface area contributed by atoms with E-state index in [9.17, 15) is 4.79 Å². The van der Waals surface area contributed by atoms with Crippen molar-refractivity contribution in [2.45, 2.75) is 90.4 Å². The van der Waals surface area contributed by atoms with Crippen molar-refractivity contribution in [3.63, 3.8) is 0 Å². The Bertz CT molecular complexity index is 323. The molecule has 1 fully saturated rings. The van der Waals surface area contributed by atoms with E-state index in [1.54, 1.807) is 0 Å². The van der Waals surface area contributed by atoms with Gasteiger partial charge in [-0.15, -0.1) is 0 Å². The zero-order valence-corrected chi connectivity index (χ0v) is 15.7. The molecule has 0 aromatic heterocycles. The van der Waals surface area contributed by atoms with Crippen molar-refractivity contribution in [2.24, 2.45) is 0 Å². The maximum atomic E-state index is 11.8. The number of carbonyl (C=O) groups excluding carboxylic acids is 1. The van der Waals surface area contributed by atoms with E-state index in [1.165, 1.54) is 17.9 Å². The summed E-state index contributed by atoms with van der Waals surface area (Å²) in [6, 6.07) is 1.44. The lowest BCUT2D eigenvalue weighted by Crippen LogP contribution is -2.45. The van der Waals surface area contributed by atoms with E-state index in [0.717, 1.165) is 25.7 Å². The van der Waals surface area contributed by atoms with Crippen LogP contribution in [0.15, 0.2) is 0 Å². The Labute approximate surface area is 140 Å². The molecule has 0 saturated heterocycles. The lowest BCUT2D eigenvalue weighted by Gasteiger charge is -2.32. The standard InChI is InChI=1S/C17H34N2O2S/c1-6-22-12-11-13(2)18-14-7-9-15(10-8-14)19-16(20)21-17(3,4)5/h13-15,18H,6-12H2,1-5H3,(H,19,20). The minimum atomic E-state index is -0.422. The first-order chi connectivity index (χ1) is 10.3. The van der Waals surface area contributed by atoms with E-state index < -0.39 is 5.60 Å². The lowest BCUT2D eigenvalue weighted by molar-refractivity contribution is 0.0489. The molecule has 1 saturated carbocycles. The van der Waals surface area contributed by atoms with Gasteiger partial charge in [0.05, 0.1) is 0 Å². The first kappa shape index (κ1) is 19.6. The molecule has 4 nitrogen and oxygen atoms in total. The van der Waals surface area contributed by atoms with Crippen molar-refractivity contribution in [3.05, 3.63) is 0 Å². The minimum absolute atomic E-state index is 0.263. The fourth-order valence-electron chi connectivity index (χ4n) is 2.77. The fourth-order valence-corrected chi connectivity index (χ4v) is 3.58. The van der Waals surface area contributed by atoms with Gasteiger partial charge >= 0.3 is 6.09 Å². The Morgan fingerprint density at radius 2 is 1.82 bits per heavy atom. The quantitative estimate of drug-likeness (QED) is 0.694. The van der Waals surface area contributed by atoms with Crippen LogP contribution >= 0.6 is 11.8 Å². The highest BCUT2D eigenvalue weighted by atomic mass is 32.2. The van der Waals surface area contributed by atoms with Crippen LogP contribution in [0, 0.1) is 0 Å². The van der Waals surface area contributed by atoms with Crippen molar-refractivity contribution in [2.75, 3.05) is 11.5 Å². The van der Waals surface area contributed by atoms with Crippen LogP contribution < -0.4 is 10.6 Å².